The molecule has 50 heavy (non-hydrogen) atoms. The van der Waals surface area contributed by atoms with E-state index in [0.717, 1.165) is 12.1 Å². The van der Waals surface area contributed by atoms with Crippen molar-refractivity contribution in [1.82, 2.24) is 9.97 Å². The molecule has 246 valence electrons. The fraction of sp³-hybridized carbons (Fsp3) is 0.0400. The van der Waals surface area contributed by atoms with Gasteiger partial charge in [0.2, 0.25) is 0 Å². The van der Waals surface area contributed by atoms with Crippen LogP contribution in [-0.2, 0) is 30.4 Å². The summed E-state index contributed by atoms with van der Waals surface area (Å²) in [5.41, 5.74) is -2.63. The first-order valence-electron chi connectivity index (χ1n) is 12.2. The van der Waals surface area contributed by atoms with Crippen molar-refractivity contribution < 1.29 is 137 Å². The molecule has 0 unspecified atom stereocenters. The van der Waals surface area contributed by atoms with Crippen LogP contribution in [0.5, 0.6) is 5.75 Å². The Morgan fingerprint density at radius 1 is 0.800 bits per heavy atom. The number of hydrogen-bond acceptors (Lipinski definition) is 15. The van der Waals surface area contributed by atoms with E-state index in [2.05, 4.69) is 25.5 Å². The van der Waals surface area contributed by atoms with Crippen LogP contribution in [0.3, 0.4) is 0 Å². The second-order valence-corrected chi connectivity index (χ2v) is 14.8. The number of aromatic nitrogens is 2. The van der Waals surface area contributed by atoms with Crippen LogP contribution in [-0.4, -0.2) is 54.0 Å². The van der Waals surface area contributed by atoms with Gasteiger partial charge in [-0.15, -0.1) is 10.2 Å². The summed E-state index contributed by atoms with van der Waals surface area (Å²) in [5.74, 6) is -1.84. The number of halogens is 4. The summed E-state index contributed by atoms with van der Waals surface area (Å²) >= 11 is 17.7. The van der Waals surface area contributed by atoms with E-state index in [-0.39, 0.29) is 94.1 Å². The summed E-state index contributed by atoms with van der Waals surface area (Å²) in [6.07, 6.45) is -1.39. The van der Waals surface area contributed by atoms with Crippen molar-refractivity contribution >= 4 is 110 Å². The van der Waals surface area contributed by atoms with E-state index in [9.17, 15) is 48.4 Å². The second-order valence-electron chi connectivity index (χ2n) is 9.27. The minimum atomic E-state index is -5.67. The van der Waals surface area contributed by atoms with Gasteiger partial charge in [-0.1, -0.05) is 65.1 Å². The molecule has 0 aliphatic heterocycles. The van der Waals surface area contributed by atoms with Crippen molar-refractivity contribution in [2.45, 2.75) is 19.5 Å². The van der Waals surface area contributed by atoms with Gasteiger partial charge in [0.15, 0.2) is 16.4 Å². The maximum Gasteiger partial charge on any atom is 1.00 e. The summed E-state index contributed by atoms with van der Waals surface area (Å²) in [6.45, 7) is 0. The van der Waals surface area contributed by atoms with Crippen molar-refractivity contribution in [2.24, 2.45) is 10.2 Å². The standard InChI is InChI=1S/C25H15Cl3FN5O10S3.3Na/c26-18-20(23(27)28)31-25(29)32-24(18)30-13-7-8-15(45(36,37)38)12-9-16(46(39,40)41)19(21(35)17(12)13)34-33-14-6-5-10-3-1-2-4-11(10)22(14)47(42,43)44;;;/h1-9,23,35H,(H,30,31,32)(H,36,37,38)(H,39,40,41)(H,42,43,44);;;/q;3*+1/p-3. The molecule has 25 heteroatoms. The monoisotopic (exact) mass is 831 g/mol. The van der Waals surface area contributed by atoms with E-state index in [4.69, 9.17) is 34.8 Å². The van der Waals surface area contributed by atoms with Crippen LogP contribution in [0.25, 0.3) is 21.5 Å². The van der Waals surface area contributed by atoms with Crippen molar-refractivity contribution in [3.8, 4) is 5.75 Å². The molecule has 0 amide bonds. The minimum absolute atomic E-state index is 0. The Hall–Kier alpha value is -0.790. The molecule has 4 aromatic carbocycles. The predicted molar refractivity (Wildman–Crippen MR) is 162 cm³/mol. The summed E-state index contributed by atoms with van der Waals surface area (Å²) in [6, 6.07) is 10.1. The predicted octanol–water partition coefficient (Wildman–Crippen LogP) is -3.36. The van der Waals surface area contributed by atoms with Crippen LogP contribution < -0.4 is 94.0 Å². The normalized spacial score (nSPS) is 12.1. The molecule has 1 heterocycles. The van der Waals surface area contributed by atoms with Crippen LogP contribution in [0.1, 0.15) is 10.5 Å². The first kappa shape index (κ1) is 45.4. The number of nitrogens with zero attached hydrogens (tertiary/aromatic N) is 4. The van der Waals surface area contributed by atoms with E-state index >= 15 is 0 Å². The number of alkyl halides is 2. The number of fused-ring (bicyclic) bond motifs is 2. The molecule has 0 fully saturated rings. The Kier molecular flexibility index (Phi) is 15.5. The number of anilines is 2. The molecule has 0 radical (unpaired) electrons. The molecular weight excluding hydrogens is 821 g/mol. The number of phenolic OH excluding ortho intramolecular Hbond substituents is 1. The van der Waals surface area contributed by atoms with Gasteiger partial charge in [0.1, 0.15) is 52.4 Å². The Labute approximate surface area is 364 Å². The second kappa shape index (κ2) is 17.1. The Bertz CT molecular complexity index is 2520. The van der Waals surface area contributed by atoms with Crippen molar-refractivity contribution in [2.75, 3.05) is 5.32 Å². The zero-order valence-electron chi connectivity index (χ0n) is 25.4. The van der Waals surface area contributed by atoms with Gasteiger partial charge in [0.25, 0.3) is 0 Å². The zero-order valence-corrected chi connectivity index (χ0v) is 36.1. The first-order valence-corrected chi connectivity index (χ1v) is 17.7. The molecule has 0 atom stereocenters. The van der Waals surface area contributed by atoms with E-state index in [1.165, 1.54) is 24.3 Å². The van der Waals surface area contributed by atoms with Gasteiger partial charge >= 0.3 is 94.8 Å². The molecule has 1 aromatic heterocycles. The first-order chi connectivity index (χ1) is 21.8. The average Bonchev–Trinajstić information content (AvgIpc) is 2.95. The van der Waals surface area contributed by atoms with Crippen LogP contribution in [0.4, 0.5) is 27.3 Å². The van der Waals surface area contributed by atoms with Crippen LogP contribution in [0.2, 0.25) is 5.02 Å². The van der Waals surface area contributed by atoms with E-state index < -0.39 is 106 Å². The number of hydrogen-bond donors (Lipinski definition) is 2. The molecule has 2 N–H and O–H groups in total. The molecule has 0 saturated heterocycles. The van der Waals surface area contributed by atoms with Crippen molar-refractivity contribution in [1.29, 1.82) is 0 Å². The molecule has 5 rings (SSSR count). The number of nitrogens with one attached hydrogen (secondary N) is 1. The third-order valence-electron chi connectivity index (χ3n) is 6.39. The van der Waals surface area contributed by atoms with E-state index in [1.54, 1.807) is 6.07 Å². The van der Waals surface area contributed by atoms with E-state index in [0.29, 0.717) is 17.5 Å². The molecule has 0 aliphatic rings. The van der Waals surface area contributed by atoms with Gasteiger partial charge in [-0.05, 0) is 29.7 Å². The van der Waals surface area contributed by atoms with Crippen LogP contribution in [0, 0.1) is 6.08 Å². The number of azo groups is 1. The third-order valence-corrected chi connectivity index (χ3v) is 9.85. The number of rotatable bonds is 8. The largest absolute Gasteiger partial charge is 1.00 e. The smallest absolute Gasteiger partial charge is 0.744 e. The van der Waals surface area contributed by atoms with Crippen LogP contribution >= 0.6 is 34.8 Å². The minimum Gasteiger partial charge on any atom is -0.744 e. The number of benzene rings is 4. The molecule has 0 aliphatic carbocycles. The van der Waals surface area contributed by atoms with Gasteiger partial charge in [-0.3, -0.25) is 0 Å². The van der Waals surface area contributed by atoms with Gasteiger partial charge in [-0.2, -0.15) is 9.37 Å². The van der Waals surface area contributed by atoms with Gasteiger partial charge in [0, 0.05) is 10.8 Å². The fourth-order valence-electron chi connectivity index (χ4n) is 4.51. The fourth-order valence-corrected chi connectivity index (χ4v) is 7.30. The molecule has 15 nitrogen and oxygen atoms in total. The molecule has 5 aromatic rings. The van der Waals surface area contributed by atoms with Crippen molar-refractivity contribution in [3.05, 3.63) is 71.4 Å². The van der Waals surface area contributed by atoms with Gasteiger partial charge in [-0.25, -0.2) is 30.2 Å². The summed E-state index contributed by atoms with van der Waals surface area (Å²) in [5, 5.41) is 19.2. The Morgan fingerprint density at radius 2 is 1.42 bits per heavy atom. The Morgan fingerprint density at radius 3 is 2.00 bits per heavy atom. The van der Waals surface area contributed by atoms with Crippen molar-refractivity contribution in [3.63, 3.8) is 0 Å². The maximum atomic E-state index is 14.2. The van der Waals surface area contributed by atoms with Gasteiger partial charge < -0.3 is 24.1 Å². The average molecular weight is 833 g/mol. The SMILES string of the molecule is O=S(=O)([O-])c1cc2c(S(=O)(=O)[O-])ccc(Nc3nc(F)nc(C(Cl)Cl)c3Cl)c2c(O)c1N=Nc1ccc2ccccc2c1S(=O)(=O)[O-].[Na+].[Na+].[Na+]. The molecule has 0 bridgehead atoms. The van der Waals surface area contributed by atoms with E-state index in [1.807, 2.05) is 0 Å². The molecule has 0 spiro atoms. The zero-order chi connectivity index (χ0) is 34.6. The van der Waals surface area contributed by atoms with Crippen LogP contribution in [0.15, 0.2) is 79.5 Å². The summed E-state index contributed by atoms with van der Waals surface area (Å²) < 4.78 is 124. The maximum absolute atomic E-state index is 14.2. The number of phenols is 1. The number of aromatic hydroxyl groups is 1. The summed E-state index contributed by atoms with van der Waals surface area (Å²) in [4.78, 5) is 1.98. The van der Waals surface area contributed by atoms with Gasteiger partial charge in [0.05, 0.1) is 25.8 Å². The quantitative estimate of drug-likeness (QED) is 0.0510. The molecular formula is C25H12Cl3FN5Na3O10S3. The summed E-state index contributed by atoms with van der Waals surface area (Å²) in [7, 11) is -16.4. The molecule has 0 saturated carbocycles. The Balaban J connectivity index is 0.00000289. The third kappa shape index (κ3) is 9.46. The topological polar surface area (TPSA) is 254 Å².